The first-order valence-electron chi connectivity index (χ1n) is 6.79. The molecule has 2 aromatic rings. The monoisotopic (exact) mass is 349 g/mol. The Morgan fingerprint density at radius 3 is 2.70 bits per heavy atom. The highest BCUT2D eigenvalue weighted by Crippen LogP contribution is 2.43. The van der Waals surface area contributed by atoms with E-state index in [9.17, 15) is 4.79 Å². The summed E-state index contributed by atoms with van der Waals surface area (Å²) in [7, 11) is 3.13. The van der Waals surface area contributed by atoms with Crippen molar-refractivity contribution < 1.29 is 18.7 Å². The predicted octanol–water partition coefficient (Wildman–Crippen LogP) is 3.63. The lowest BCUT2D eigenvalue weighted by atomic mass is 10.2. The third-order valence-corrected chi connectivity index (χ3v) is 4.86. The van der Waals surface area contributed by atoms with Gasteiger partial charge in [0.2, 0.25) is 0 Å². The lowest BCUT2D eigenvalue weighted by Gasteiger charge is -2.20. The molecule has 1 amide bonds. The molecule has 120 valence electrons. The van der Waals surface area contributed by atoms with Gasteiger partial charge in [0, 0.05) is 11.8 Å². The van der Waals surface area contributed by atoms with E-state index in [1.807, 2.05) is 0 Å². The van der Waals surface area contributed by atoms with Crippen molar-refractivity contribution in [3.05, 3.63) is 47.3 Å². The number of carbonyl (C=O) groups excluding carboxylic acids is 1. The number of hydrogen-bond acceptors (Lipinski definition) is 6. The van der Waals surface area contributed by atoms with Gasteiger partial charge < -0.3 is 13.9 Å². The highest BCUT2D eigenvalue weighted by Gasteiger charge is 2.35. The van der Waals surface area contributed by atoms with Gasteiger partial charge in [-0.3, -0.25) is 9.69 Å². The number of thiol groups is 1. The van der Waals surface area contributed by atoms with Crippen molar-refractivity contribution in [2.45, 2.75) is 4.71 Å². The minimum absolute atomic E-state index is 0.126. The van der Waals surface area contributed by atoms with Crippen LogP contribution in [0.1, 0.15) is 5.76 Å². The smallest absolute Gasteiger partial charge is 0.266 e. The van der Waals surface area contributed by atoms with Gasteiger partial charge in [-0.2, -0.15) is 0 Å². The number of hydrogen-bond donors (Lipinski definition) is 1. The number of benzene rings is 1. The van der Waals surface area contributed by atoms with E-state index >= 15 is 0 Å². The fourth-order valence-corrected chi connectivity index (χ4v) is 3.77. The highest BCUT2D eigenvalue weighted by molar-refractivity contribution is 8.14. The van der Waals surface area contributed by atoms with E-state index in [1.165, 1.54) is 11.8 Å². The topological polar surface area (TPSA) is 51.9 Å². The molecule has 1 aromatic heterocycles. The van der Waals surface area contributed by atoms with Crippen molar-refractivity contribution in [3.63, 3.8) is 0 Å². The molecule has 0 N–H and O–H groups in total. The number of carbonyl (C=O) groups is 1. The van der Waals surface area contributed by atoms with Crippen LogP contribution in [0.5, 0.6) is 11.5 Å². The molecule has 1 saturated heterocycles. The summed E-state index contributed by atoms with van der Waals surface area (Å²) >= 11 is 5.87. The summed E-state index contributed by atoms with van der Waals surface area (Å²) in [5.74, 6) is 1.68. The van der Waals surface area contributed by atoms with E-state index in [1.54, 1.807) is 61.8 Å². The third kappa shape index (κ3) is 3.07. The molecule has 2 heterocycles. The first-order chi connectivity index (χ1) is 11.1. The van der Waals surface area contributed by atoms with Crippen LogP contribution in [-0.2, 0) is 4.79 Å². The van der Waals surface area contributed by atoms with Crippen LogP contribution in [0, 0.1) is 0 Å². The van der Waals surface area contributed by atoms with E-state index < -0.39 is 0 Å². The maximum absolute atomic E-state index is 12.7. The highest BCUT2D eigenvalue weighted by atomic mass is 32.2. The summed E-state index contributed by atoms with van der Waals surface area (Å²) in [6.07, 6.45) is 3.29. The van der Waals surface area contributed by atoms with Crippen LogP contribution in [0.2, 0.25) is 0 Å². The van der Waals surface area contributed by atoms with Crippen LogP contribution in [0.3, 0.4) is 0 Å². The Kier molecular flexibility index (Phi) is 4.58. The SMILES string of the molecule is COc1ccc(N2C(=O)/C(=C/c3ccco3)SC2S)cc1OC. The van der Waals surface area contributed by atoms with Crippen LogP contribution in [0.25, 0.3) is 6.08 Å². The van der Waals surface area contributed by atoms with Gasteiger partial charge in [0.1, 0.15) is 10.5 Å². The number of furan rings is 1. The molecular formula is C16H15NO4S2. The Bertz CT molecular complexity index is 743. The number of methoxy groups -OCH3 is 2. The van der Waals surface area contributed by atoms with E-state index in [0.717, 1.165) is 0 Å². The zero-order valence-electron chi connectivity index (χ0n) is 12.6. The molecule has 3 rings (SSSR count). The molecule has 5 nitrogen and oxygen atoms in total. The molecule has 0 bridgehead atoms. The van der Waals surface area contributed by atoms with Crippen molar-refractivity contribution in [1.82, 2.24) is 0 Å². The normalized spacial score (nSPS) is 19.4. The lowest BCUT2D eigenvalue weighted by Crippen LogP contribution is -2.29. The number of ether oxygens (including phenoxy) is 2. The minimum atomic E-state index is -0.318. The second-order valence-electron chi connectivity index (χ2n) is 4.68. The van der Waals surface area contributed by atoms with Crippen LogP contribution in [0.15, 0.2) is 45.9 Å². The first-order valence-corrected chi connectivity index (χ1v) is 8.19. The second kappa shape index (κ2) is 6.64. The zero-order chi connectivity index (χ0) is 16.4. The van der Waals surface area contributed by atoms with Gasteiger partial charge in [-0.05, 0) is 30.3 Å². The molecule has 1 fully saturated rings. The third-order valence-electron chi connectivity index (χ3n) is 3.34. The second-order valence-corrected chi connectivity index (χ2v) is 6.64. The molecule has 0 aliphatic carbocycles. The van der Waals surface area contributed by atoms with E-state index in [2.05, 4.69) is 12.6 Å². The maximum atomic E-state index is 12.7. The zero-order valence-corrected chi connectivity index (χ0v) is 14.3. The van der Waals surface area contributed by atoms with Gasteiger partial charge in [0.25, 0.3) is 5.91 Å². The minimum Gasteiger partial charge on any atom is -0.493 e. The van der Waals surface area contributed by atoms with Gasteiger partial charge in [-0.25, -0.2) is 0 Å². The van der Waals surface area contributed by atoms with Crippen LogP contribution >= 0.6 is 24.4 Å². The number of thioether (sulfide) groups is 1. The molecule has 0 saturated carbocycles. The van der Waals surface area contributed by atoms with Gasteiger partial charge >= 0.3 is 0 Å². The number of anilines is 1. The molecule has 1 aromatic carbocycles. The average Bonchev–Trinajstić information content (AvgIpc) is 3.16. The standard InChI is InChI=1S/C16H15NO4S2/c1-19-12-6-5-10(8-13(12)20-2)17-15(18)14(23-16(17)22)9-11-4-3-7-21-11/h3-9,16,22H,1-2H3/b14-9-. The molecule has 0 spiro atoms. The Labute approximate surface area is 143 Å². The largest absolute Gasteiger partial charge is 0.493 e. The van der Waals surface area contributed by atoms with Crippen LogP contribution < -0.4 is 14.4 Å². The molecule has 23 heavy (non-hydrogen) atoms. The number of amides is 1. The van der Waals surface area contributed by atoms with E-state index in [4.69, 9.17) is 13.9 Å². The maximum Gasteiger partial charge on any atom is 0.266 e. The molecule has 1 atom stereocenters. The molecule has 7 heteroatoms. The number of nitrogens with zero attached hydrogens (tertiary/aromatic N) is 1. The summed E-state index contributed by atoms with van der Waals surface area (Å²) in [6, 6.07) is 8.91. The fraction of sp³-hybridized carbons (Fsp3) is 0.188. The summed E-state index contributed by atoms with van der Waals surface area (Å²) in [4.78, 5) is 14.9. The lowest BCUT2D eigenvalue weighted by molar-refractivity contribution is -0.114. The van der Waals surface area contributed by atoms with E-state index in [-0.39, 0.29) is 10.6 Å². The molecule has 1 unspecified atom stereocenters. The van der Waals surface area contributed by atoms with Crippen LogP contribution in [0.4, 0.5) is 5.69 Å². The van der Waals surface area contributed by atoms with Crippen molar-refractivity contribution >= 4 is 42.1 Å². The molecule has 0 radical (unpaired) electrons. The average molecular weight is 349 g/mol. The summed E-state index contributed by atoms with van der Waals surface area (Å²) in [5, 5.41) is 0. The Morgan fingerprint density at radius 2 is 2.04 bits per heavy atom. The molecule has 1 aliphatic rings. The Balaban J connectivity index is 1.93. The number of rotatable bonds is 4. The van der Waals surface area contributed by atoms with Crippen LogP contribution in [-0.4, -0.2) is 24.8 Å². The van der Waals surface area contributed by atoms with Crippen molar-refractivity contribution in [3.8, 4) is 11.5 Å². The fourth-order valence-electron chi connectivity index (χ4n) is 2.25. The van der Waals surface area contributed by atoms with Crippen molar-refractivity contribution in [2.24, 2.45) is 0 Å². The van der Waals surface area contributed by atoms with E-state index in [0.29, 0.717) is 27.9 Å². The van der Waals surface area contributed by atoms with Gasteiger partial charge in [0.05, 0.1) is 25.4 Å². The Hall–Kier alpha value is -1.99. The quantitative estimate of drug-likeness (QED) is 0.675. The first kappa shape index (κ1) is 15.9. The summed E-state index contributed by atoms with van der Waals surface area (Å²) in [6.45, 7) is 0. The van der Waals surface area contributed by atoms with Gasteiger partial charge in [-0.15, -0.1) is 12.6 Å². The van der Waals surface area contributed by atoms with Gasteiger partial charge in [0.15, 0.2) is 11.5 Å². The van der Waals surface area contributed by atoms with Crippen molar-refractivity contribution in [2.75, 3.05) is 19.1 Å². The predicted molar refractivity (Wildman–Crippen MR) is 94.1 cm³/mol. The van der Waals surface area contributed by atoms with Gasteiger partial charge in [-0.1, -0.05) is 11.8 Å². The Morgan fingerprint density at radius 1 is 1.26 bits per heavy atom. The summed E-state index contributed by atoms with van der Waals surface area (Å²) < 4.78 is 15.5. The molecule has 1 aliphatic heterocycles. The van der Waals surface area contributed by atoms with Crippen molar-refractivity contribution in [1.29, 1.82) is 0 Å². The molecular weight excluding hydrogens is 334 g/mol. The summed E-state index contributed by atoms with van der Waals surface area (Å²) in [5.41, 5.74) is 0.697.